The molecule has 0 aliphatic rings. The molecular formula is C85H136O17P2. The van der Waals surface area contributed by atoms with Crippen LogP contribution < -0.4 is 0 Å². The number of unbranched alkanes of at least 4 members (excludes halogenated alkanes) is 15. The quantitative estimate of drug-likeness (QED) is 0.0169. The number of aliphatic hydroxyl groups excluding tert-OH is 1. The molecule has 0 amide bonds. The second-order valence-corrected chi connectivity index (χ2v) is 28.1. The zero-order valence-electron chi connectivity index (χ0n) is 64.1. The fourth-order valence-electron chi connectivity index (χ4n) is 9.51. The lowest BCUT2D eigenvalue weighted by Gasteiger charge is -2.21. The van der Waals surface area contributed by atoms with Crippen LogP contribution in [-0.2, 0) is 65.4 Å². The summed E-state index contributed by atoms with van der Waals surface area (Å²) in [5.41, 5.74) is 0. The second kappa shape index (κ2) is 75.4. The topological polar surface area (TPSA) is 237 Å². The van der Waals surface area contributed by atoms with Crippen molar-refractivity contribution in [3.8, 4) is 0 Å². The maximum absolute atomic E-state index is 13.1. The Kier molecular flexibility index (Phi) is 71.2. The van der Waals surface area contributed by atoms with Gasteiger partial charge in [0.15, 0.2) is 12.2 Å². The van der Waals surface area contributed by atoms with Crippen LogP contribution in [0.2, 0.25) is 0 Å². The fourth-order valence-corrected chi connectivity index (χ4v) is 11.1. The van der Waals surface area contributed by atoms with Crippen LogP contribution in [0.5, 0.6) is 0 Å². The van der Waals surface area contributed by atoms with Gasteiger partial charge in [-0.1, -0.05) is 261 Å². The number of esters is 4. The standard InChI is InChI=1S/C85H136O17P2/c1-5-9-13-17-21-25-29-33-36-38-39-41-44-47-50-54-58-62-66-70-83(88)96-76-81(102-85(90)72-68-64-60-56-52-48-42-35-31-27-23-19-15-11-7-3)78-100-104(93,94)98-74-79(86)73-97-103(91,92)99-77-80(101-84(89)71-67-63-59-55-51-45-32-28-24-20-16-12-8-4)75-95-82(87)69-65-61-57-53-49-46-43-40-37-34-30-26-22-18-14-10-6-2/h9-11,13-16,20-23,25-28,32-37,39,41-43,46,52-53,56-57,79-81,86H,5-8,12,17-19,24,29-31,38,40,44-45,47-51,54-55,58-78H2,1-4H3,(H,91,92)(H,93,94)/b13-9-,14-10-,15-11-,20-16-,25-21-,26-22-,27-23-,32-28-,36-33-,37-34-,41-39-,42-35-,46-43-,56-52-,57-53-. The van der Waals surface area contributed by atoms with Gasteiger partial charge in [0.25, 0.3) is 0 Å². The summed E-state index contributed by atoms with van der Waals surface area (Å²) in [5.74, 6) is -2.34. The van der Waals surface area contributed by atoms with E-state index in [-0.39, 0.29) is 25.7 Å². The molecule has 104 heavy (non-hydrogen) atoms. The number of carbonyl (C=O) groups is 4. The number of carbonyl (C=O) groups excluding carboxylic acids is 4. The highest BCUT2D eigenvalue weighted by Gasteiger charge is 2.30. The number of hydrogen-bond donors (Lipinski definition) is 3. The van der Waals surface area contributed by atoms with Crippen LogP contribution in [0.25, 0.3) is 0 Å². The van der Waals surface area contributed by atoms with Gasteiger partial charge in [-0.25, -0.2) is 9.13 Å². The maximum atomic E-state index is 13.1. The Hall–Kier alpha value is -5.84. The van der Waals surface area contributed by atoms with E-state index in [0.717, 1.165) is 180 Å². The Bertz CT molecular complexity index is 2690. The smallest absolute Gasteiger partial charge is 0.462 e. The molecule has 588 valence electrons. The highest BCUT2D eigenvalue weighted by atomic mass is 31.2. The minimum atomic E-state index is -5.01. The van der Waals surface area contributed by atoms with Gasteiger partial charge in [0.05, 0.1) is 26.4 Å². The SMILES string of the molecule is CC/C=C\C/C=C\C/C=C\C/C=C\C/C=C\CCCC(=O)OCC(COP(=O)(O)OCC(O)COP(=O)(O)OCC(COC(=O)CCCCCCCC/C=C\C/C=C\C/C=C\C/C=C\CC)OC(=O)CCCC/C=C\C/C=C\C/C=C\C/C=C\CC)OC(=O)CCCCCCC/C=C\C/C=C\CCC. The van der Waals surface area contributed by atoms with E-state index < -0.39 is 97.5 Å². The van der Waals surface area contributed by atoms with Crippen LogP contribution in [0.3, 0.4) is 0 Å². The molecule has 0 aromatic heterocycles. The van der Waals surface area contributed by atoms with Crippen molar-refractivity contribution in [2.45, 2.75) is 290 Å². The van der Waals surface area contributed by atoms with Gasteiger partial charge in [-0.2, -0.15) is 0 Å². The third-order valence-electron chi connectivity index (χ3n) is 15.3. The first kappa shape index (κ1) is 98.2. The summed E-state index contributed by atoms with van der Waals surface area (Å²) in [5, 5.41) is 10.6. The molecule has 0 rings (SSSR count). The van der Waals surface area contributed by atoms with E-state index >= 15 is 0 Å². The van der Waals surface area contributed by atoms with E-state index in [4.69, 9.17) is 37.0 Å². The summed E-state index contributed by atoms with van der Waals surface area (Å²) in [6, 6.07) is 0. The van der Waals surface area contributed by atoms with E-state index in [2.05, 4.69) is 198 Å². The molecule has 0 aliphatic carbocycles. The highest BCUT2D eigenvalue weighted by molar-refractivity contribution is 7.47. The molecule has 0 spiro atoms. The van der Waals surface area contributed by atoms with Crippen LogP contribution in [0.4, 0.5) is 0 Å². The predicted molar refractivity (Wildman–Crippen MR) is 426 cm³/mol. The second-order valence-electron chi connectivity index (χ2n) is 25.1. The average Bonchev–Trinajstić information content (AvgIpc) is 0.918. The van der Waals surface area contributed by atoms with Crippen molar-refractivity contribution >= 4 is 39.5 Å². The van der Waals surface area contributed by atoms with Crippen LogP contribution >= 0.6 is 15.6 Å². The maximum Gasteiger partial charge on any atom is 0.472 e. The third-order valence-corrected chi connectivity index (χ3v) is 17.2. The summed E-state index contributed by atoms with van der Waals surface area (Å²) in [4.78, 5) is 72.9. The van der Waals surface area contributed by atoms with E-state index in [1.807, 2.05) is 12.2 Å². The number of phosphoric acid groups is 2. The molecule has 17 nitrogen and oxygen atoms in total. The molecule has 5 atom stereocenters. The minimum absolute atomic E-state index is 0.0307. The fraction of sp³-hybridized carbons (Fsp3) is 0.600. The van der Waals surface area contributed by atoms with Crippen LogP contribution in [0, 0.1) is 0 Å². The summed E-state index contributed by atoms with van der Waals surface area (Å²) < 4.78 is 68.4. The minimum Gasteiger partial charge on any atom is -0.462 e. The van der Waals surface area contributed by atoms with Gasteiger partial charge < -0.3 is 33.8 Å². The molecule has 0 heterocycles. The highest BCUT2D eigenvalue weighted by Crippen LogP contribution is 2.45. The lowest BCUT2D eigenvalue weighted by Crippen LogP contribution is -2.30. The first-order valence-electron chi connectivity index (χ1n) is 39.0. The number of hydrogen-bond acceptors (Lipinski definition) is 15. The molecule has 0 aromatic carbocycles. The van der Waals surface area contributed by atoms with Gasteiger partial charge in [-0.05, 0) is 167 Å². The van der Waals surface area contributed by atoms with E-state index in [1.54, 1.807) is 0 Å². The first-order chi connectivity index (χ1) is 50.7. The normalized spacial score (nSPS) is 14.9. The molecule has 0 aliphatic heterocycles. The Morgan fingerprint density at radius 3 is 0.827 bits per heavy atom. The Morgan fingerprint density at radius 2 is 0.510 bits per heavy atom. The Balaban J connectivity index is 5.47. The van der Waals surface area contributed by atoms with Crippen LogP contribution in [-0.4, -0.2) is 96.7 Å². The van der Waals surface area contributed by atoms with E-state index in [0.29, 0.717) is 38.5 Å². The van der Waals surface area contributed by atoms with E-state index in [1.165, 1.54) is 0 Å². The zero-order valence-corrected chi connectivity index (χ0v) is 65.9. The molecular weight excluding hydrogens is 1350 g/mol. The molecule has 0 radical (unpaired) electrons. The zero-order chi connectivity index (χ0) is 76.0. The van der Waals surface area contributed by atoms with Crippen molar-refractivity contribution in [1.82, 2.24) is 0 Å². The molecule has 19 heteroatoms. The van der Waals surface area contributed by atoms with Crippen molar-refractivity contribution in [1.29, 1.82) is 0 Å². The monoisotopic (exact) mass is 1490 g/mol. The third kappa shape index (κ3) is 74.4. The number of ether oxygens (including phenoxy) is 4. The molecule has 0 bridgehead atoms. The number of rotatable bonds is 71. The number of allylic oxidation sites excluding steroid dienone is 30. The molecule has 0 aromatic rings. The van der Waals surface area contributed by atoms with Gasteiger partial charge in [0.2, 0.25) is 0 Å². The molecule has 0 fully saturated rings. The number of aliphatic hydroxyl groups is 1. The molecule has 3 N–H and O–H groups in total. The van der Waals surface area contributed by atoms with Crippen LogP contribution in [0.1, 0.15) is 272 Å². The van der Waals surface area contributed by atoms with Crippen molar-refractivity contribution in [3.63, 3.8) is 0 Å². The summed E-state index contributed by atoms with van der Waals surface area (Å²) >= 11 is 0. The Labute approximate surface area is 628 Å². The van der Waals surface area contributed by atoms with Crippen LogP contribution in [0.15, 0.2) is 182 Å². The lowest BCUT2D eigenvalue weighted by molar-refractivity contribution is -0.161. The summed E-state index contributed by atoms with van der Waals surface area (Å²) in [6.07, 6.45) is 90.3. The molecule has 0 saturated carbocycles. The van der Waals surface area contributed by atoms with Crippen molar-refractivity contribution in [2.75, 3.05) is 39.6 Å². The lowest BCUT2D eigenvalue weighted by atomic mass is 10.1. The van der Waals surface area contributed by atoms with Crippen molar-refractivity contribution in [2.24, 2.45) is 0 Å². The van der Waals surface area contributed by atoms with Gasteiger partial charge in [-0.3, -0.25) is 37.3 Å². The Morgan fingerprint density at radius 1 is 0.279 bits per heavy atom. The summed E-state index contributed by atoms with van der Waals surface area (Å²) in [6.45, 7) is 4.29. The first-order valence-corrected chi connectivity index (χ1v) is 42.0. The van der Waals surface area contributed by atoms with E-state index in [9.17, 15) is 43.2 Å². The largest absolute Gasteiger partial charge is 0.472 e. The molecule has 5 unspecified atom stereocenters. The van der Waals surface area contributed by atoms with Gasteiger partial charge in [-0.15, -0.1) is 0 Å². The predicted octanol–water partition coefficient (Wildman–Crippen LogP) is 22.8. The van der Waals surface area contributed by atoms with Gasteiger partial charge in [0.1, 0.15) is 19.3 Å². The van der Waals surface area contributed by atoms with Gasteiger partial charge in [0, 0.05) is 25.7 Å². The van der Waals surface area contributed by atoms with Crippen molar-refractivity contribution in [3.05, 3.63) is 182 Å². The average molecular weight is 1490 g/mol. The number of phosphoric ester groups is 2. The van der Waals surface area contributed by atoms with Gasteiger partial charge >= 0.3 is 39.5 Å². The molecule has 0 saturated heterocycles. The van der Waals surface area contributed by atoms with Crippen molar-refractivity contribution < 1.29 is 80.2 Å². The summed E-state index contributed by atoms with van der Waals surface area (Å²) in [7, 11) is -10.0.